The van der Waals surface area contributed by atoms with Crippen LogP contribution in [0.5, 0.6) is 0 Å². The number of aryl methyl sites for hydroxylation is 2. The Bertz CT molecular complexity index is 1620. The molecule has 2 aromatic heterocycles. The van der Waals surface area contributed by atoms with Crippen LogP contribution in [-0.2, 0) is 41.9 Å². The van der Waals surface area contributed by atoms with E-state index in [9.17, 15) is 18.8 Å². The first-order valence-corrected chi connectivity index (χ1v) is 15.8. The zero-order valence-corrected chi connectivity index (χ0v) is 25.5. The van der Waals surface area contributed by atoms with Crippen molar-refractivity contribution in [3.05, 3.63) is 93.4 Å². The van der Waals surface area contributed by atoms with Gasteiger partial charge in [0.15, 0.2) is 11.0 Å². The highest BCUT2D eigenvalue weighted by molar-refractivity contribution is 8.00. The summed E-state index contributed by atoms with van der Waals surface area (Å²) in [6, 6.07) is 15.7. The molecule has 0 bridgehead atoms. The monoisotopic (exact) mass is 621 g/mol. The number of ether oxygens (including phenoxy) is 1. The highest BCUT2D eigenvalue weighted by atomic mass is 32.2. The van der Waals surface area contributed by atoms with Gasteiger partial charge in [-0.25, -0.2) is 9.18 Å². The van der Waals surface area contributed by atoms with E-state index in [-0.39, 0.29) is 24.6 Å². The molecule has 2 heterocycles. The van der Waals surface area contributed by atoms with Crippen molar-refractivity contribution in [1.29, 1.82) is 0 Å². The van der Waals surface area contributed by atoms with Gasteiger partial charge >= 0.3 is 5.97 Å². The predicted molar refractivity (Wildman–Crippen MR) is 164 cm³/mol. The molecule has 0 fully saturated rings. The number of amides is 2. The molecule has 0 radical (unpaired) electrons. The second kappa shape index (κ2) is 14.0. The van der Waals surface area contributed by atoms with Gasteiger partial charge in [-0.1, -0.05) is 54.2 Å². The molecular weight excluding hydrogens is 590 g/mol. The molecule has 0 saturated carbocycles. The number of esters is 1. The number of hydrogen-bond donors (Lipinski definition) is 2. The van der Waals surface area contributed by atoms with E-state index in [1.54, 1.807) is 19.9 Å². The first-order chi connectivity index (χ1) is 20.9. The van der Waals surface area contributed by atoms with Gasteiger partial charge in [0.1, 0.15) is 10.8 Å². The number of carbonyl (C=O) groups excluding carboxylic acids is 3. The van der Waals surface area contributed by atoms with Crippen LogP contribution in [0.3, 0.4) is 0 Å². The Morgan fingerprint density at radius 3 is 2.63 bits per heavy atom. The molecule has 1 aliphatic rings. The number of rotatable bonds is 12. The van der Waals surface area contributed by atoms with Crippen LogP contribution in [0.25, 0.3) is 0 Å². The van der Waals surface area contributed by atoms with Crippen LogP contribution in [0.4, 0.5) is 9.39 Å². The molecular formula is C31H32FN5O4S2. The number of nitrogens with zero attached hydrogens (tertiary/aromatic N) is 3. The number of aromatic nitrogens is 3. The molecule has 0 saturated heterocycles. The standard InChI is InChI=1S/C31H32FN5O4S2/c1-3-41-30(40)26-22-13-9-15-24(22)43-29(26)34-27(38)19(2)42-31-36-35-25(37(31)17-16-20-10-5-4-6-11-20)18-33-28(39)21-12-7-8-14-23(21)32/h4-8,10-12,14,19H,3,9,13,15-18H2,1-2H3,(H,33,39)(H,34,38)/t19-/m0/s1. The highest BCUT2D eigenvalue weighted by Crippen LogP contribution is 2.40. The fraction of sp³-hybridized carbons (Fsp3) is 0.323. The Hall–Kier alpha value is -4.03. The summed E-state index contributed by atoms with van der Waals surface area (Å²) in [6.45, 7) is 4.31. The van der Waals surface area contributed by atoms with Gasteiger partial charge in [-0.3, -0.25) is 9.59 Å². The predicted octanol–water partition coefficient (Wildman–Crippen LogP) is 5.44. The minimum atomic E-state index is -0.608. The summed E-state index contributed by atoms with van der Waals surface area (Å²) in [5.74, 6) is -1.38. The van der Waals surface area contributed by atoms with Crippen LogP contribution >= 0.6 is 23.1 Å². The van der Waals surface area contributed by atoms with Gasteiger partial charge < -0.3 is 19.9 Å². The summed E-state index contributed by atoms with van der Waals surface area (Å²) in [4.78, 5) is 39.8. The molecule has 224 valence electrons. The van der Waals surface area contributed by atoms with Crippen LogP contribution in [0.1, 0.15) is 62.8 Å². The number of thioether (sulfide) groups is 1. The third-order valence-electron chi connectivity index (χ3n) is 7.07. The van der Waals surface area contributed by atoms with Crippen LogP contribution in [0.15, 0.2) is 59.8 Å². The topological polar surface area (TPSA) is 115 Å². The van der Waals surface area contributed by atoms with Gasteiger partial charge in [-0.2, -0.15) is 0 Å². The molecule has 1 atom stereocenters. The molecule has 0 aliphatic heterocycles. The maximum absolute atomic E-state index is 14.1. The third-order valence-corrected chi connectivity index (χ3v) is 9.36. The number of hydrogen-bond acceptors (Lipinski definition) is 8. The summed E-state index contributed by atoms with van der Waals surface area (Å²) in [6.07, 6.45) is 3.33. The van der Waals surface area contributed by atoms with Crippen molar-refractivity contribution in [2.45, 2.75) is 63.0 Å². The van der Waals surface area contributed by atoms with Crippen molar-refractivity contribution >= 4 is 45.9 Å². The van der Waals surface area contributed by atoms with Crippen molar-refractivity contribution in [1.82, 2.24) is 20.1 Å². The average Bonchev–Trinajstić information content (AvgIpc) is 3.70. The van der Waals surface area contributed by atoms with Crippen molar-refractivity contribution in [3.63, 3.8) is 0 Å². The van der Waals surface area contributed by atoms with E-state index in [1.165, 1.54) is 41.3 Å². The summed E-state index contributed by atoms with van der Waals surface area (Å²) in [7, 11) is 0. The van der Waals surface area contributed by atoms with Crippen molar-refractivity contribution < 1.29 is 23.5 Å². The zero-order chi connectivity index (χ0) is 30.3. The number of thiophene rings is 1. The first kappa shape index (κ1) is 30.4. The van der Waals surface area contributed by atoms with Gasteiger partial charge in [-0.15, -0.1) is 21.5 Å². The molecule has 1 aliphatic carbocycles. The second-order valence-corrected chi connectivity index (χ2v) is 12.4. The number of anilines is 1. The van der Waals surface area contributed by atoms with Gasteiger partial charge in [0.25, 0.3) is 5.91 Å². The number of carbonyl (C=O) groups is 3. The fourth-order valence-corrected chi connectivity index (χ4v) is 7.06. The Labute approximate surface area is 257 Å². The molecule has 4 aromatic rings. The van der Waals surface area contributed by atoms with Crippen LogP contribution in [-0.4, -0.2) is 44.4 Å². The summed E-state index contributed by atoms with van der Waals surface area (Å²) in [5, 5.41) is 14.8. The smallest absolute Gasteiger partial charge is 0.341 e. The molecule has 2 N–H and O–H groups in total. The minimum Gasteiger partial charge on any atom is -0.462 e. The van der Waals surface area contributed by atoms with Crippen molar-refractivity contribution in [2.75, 3.05) is 11.9 Å². The lowest BCUT2D eigenvalue weighted by molar-refractivity contribution is -0.115. The van der Waals surface area contributed by atoms with Crippen molar-refractivity contribution in [3.8, 4) is 0 Å². The fourth-order valence-electron chi connectivity index (χ4n) is 4.88. The molecule has 0 spiro atoms. The highest BCUT2D eigenvalue weighted by Gasteiger charge is 2.30. The van der Waals surface area contributed by atoms with E-state index in [0.717, 1.165) is 35.3 Å². The van der Waals surface area contributed by atoms with Gasteiger partial charge in [0.05, 0.1) is 29.5 Å². The molecule has 2 aromatic carbocycles. The SMILES string of the molecule is CCOC(=O)c1c(NC(=O)[C@H](C)Sc2nnc(CNC(=O)c3ccccc3F)n2CCc2ccccc2)sc2c1CCC2. The lowest BCUT2D eigenvalue weighted by Crippen LogP contribution is -2.26. The third kappa shape index (κ3) is 7.14. The van der Waals surface area contributed by atoms with Crippen LogP contribution in [0, 0.1) is 5.82 Å². The van der Waals surface area contributed by atoms with Gasteiger partial charge in [0.2, 0.25) is 5.91 Å². The minimum absolute atomic E-state index is 0.0275. The number of nitrogens with one attached hydrogen (secondary N) is 2. The number of benzene rings is 2. The summed E-state index contributed by atoms with van der Waals surface area (Å²) >= 11 is 2.67. The first-order valence-electron chi connectivity index (χ1n) is 14.1. The molecule has 0 unspecified atom stereocenters. The van der Waals surface area contributed by atoms with Crippen LogP contribution in [0.2, 0.25) is 0 Å². The average molecular weight is 622 g/mol. The van der Waals surface area contributed by atoms with E-state index in [4.69, 9.17) is 4.74 Å². The van der Waals surface area contributed by atoms with Gasteiger partial charge in [0, 0.05) is 11.4 Å². The summed E-state index contributed by atoms with van der Waals surface area (Å²) < 4.78 is 21.3. The lowest BCUT2D eigenvalue weighted by Gasteiger charge is -2.15. The lowest BCUT2D eigenvalue weighted by atomic mass is 10.1. The van der Waals surface area contributed by atoms with E-state index >= 15 is 0 Å². The van der Waals surface area contributed by atoms with E-state index in [2.05, 4.69) is 20.8 Å². The van der Waals surface area contributed by atoms with Crippen molar-refractivity contribution in [2.24, 2.45) is 0 Å². The summed E-state index contributed by atoms with van der Waals surface area (Å²) in [5.41, 5.74) is 2.49. The Morgan fingerprint density at radius 2 is 1.86 bits per heavy atom. The second-order valence-electron chi connectivity index (χ2n) is 9.98. The normalized spacial score (nSPS) is 12.9. The Morgan fingerprint density at radius 1 is 1.09 bits per heavy atom. The molecule has 9 nitrogen and oxygen atoms in total. The maximum atomic E-state index is 14.1. The molecule has 43 heavy (non-hydrogen) atoms. The van der Waals surface area contributed by atoms with E-state index in [0.29, 0.717) is 34.5 Å². The largest absolute Gasteiger partial charge is 0.462 e. The Balaban J connectivity index is 1.32. The number of fused-ring (bicyclic) bond motifs is 1. The quantitative estimate of drug-likeness (QED) is 0.160. The molecule has 5 rings (SSSR count). The van der Waals surface area contributed by atoms with E-state index < -0.39 is 22.9 Å². The number of halogens is 1. The van der Waals surface area contributed by atoms with E-state index in [1.807, 2.05) is 34.9 Å². The molecule has 12 heteroatoms. The maximum Gasteiger partial charge on any atom is 0.341 e. The molecule has 2 amide bonds. The Kier molecular flexibility index (Phi) is 9.88. The zero-order valence-electron chi connectivity index (χ0n) is 23.9. The van der Waals surface area contributed by atoms with Crippen LogP contribution < -0.4 is 10.6 Å². The van der Waals surface area contributed by atoms with Gasteiger partial charge in [-0.05, 0) is 62.8 Å².